The molecule has 1 aliphatic rings. The Bertz CT molecular complexity index is 1630. The molecule has 0 bridgehead atoms. The van der Waals surface area contributed by atoms with Crippen LogP contribution in [0, 0.1) is 0 Å². The van der Waals surface area contributed by atoms with Crippen molar-refractivity contribution in [2.75, 3.05) is 6.61 Å². The van der Waals surface area contributed by atoms with E-state index in [0.29, 0.717) is 32.1 Å². The Morgan fingerprint density at radius 1 is 1.00 bits per heavy atom. The zero-order chi connectivity index (χ0) is 27.4. The van der Waals surface area contributed by atoms with Crippen LogP contribution in [0.3, 0.4) is 0 Å². The summed E-state index contributed by atoms with van der Waals surface area (Å²) in [5.41, 5.74) is 1.63. The lowest BCUT2D eigenvalue weighted by atomic mass is 9.96. The minimum absolute atomic E-state index is 0.00147. The maximum absolute atomic E-state index is 13.7. The molecule has 0 spiro atoms. The molecule has 2 heterocycles. The lowest BCUT2D eigenvalue weighted by molar-refractivity contribution is -0.138. The molecule has 194 valence electrons. The summed E-state index contributed by atoms with van der Waals surface area (Å²) in [7, 11) is 0. The summed E-state index contributed by atoms with van der Waals surface area (Å²) in [5.74, 6) is -0.773. The Morgan fingerprint density at radius 3 is 2.13 bits per heavy atom. The van der Waals surface area contributed by atoms with Crippen molar-refractivity contribution in [2.45, 2.75) is 26.8 Å². The van der Waals surface area contributed by atoms with E-state index in [0.717, 1.165) is 5.56 Å². The molecule has 0 saturated heterocycles. The molecule has 0 amide bonds. The molecule has 0 fully saturated rings. The second kappa shape index (κ2) is 11.2. The van der Waals surface area contributed by atoms with Crippen LogP contribution in [-0.4, -0.2) is 29.1 Å². The van der Waals surface area contributed by atoms with Crippen molar-refractivity contribution in [3.63, 3.8) is 0 Å². The molecule has 4 rings (SSSR count). The van der Waals surface area contributed by atoms with E-state index >= 15 is 0 Å². The number of aromatic nitrogens is 1. The Labute approximate surface area is 221 Å². The van der Waals surface area contributed by atoms with Gasteiger partial charge in [-0.25, -0.2) is 9.79 Å². The highest BCUT2D eigenvalue weighted by atomic mass is 32.1. The summed E-state index contributed by atoms with van der Waals surface area (Å²) in [4.78, 5) is 54.2. The average molecular weight is 533 g/mol. The van der Waals surface area contributed by atoms with Crippen LogP contribution >= 0.6 is 11.3 Å². The SMILES string of the molecule is C=CCOC(=O)C1=C(C)N=c2s/c(=C\c3ccc(OC(C)=O)cc3)c(=O)n2[C@@H]1c1ccc(OC(C)=O)cc1. The number of nitrogens with zero attached hydrogens (tertiary/aromatic N) is 2. The van der Waals surface area contributed by atoms with E-state index in [2.05, 4.69) is 11.6 Å². The third kappa shape index (κ3) is 5.70. The molecule has 0 aliphatic carbocycles. The Kier molecular flexibility index (Phi) is 7.82. The zero-order valence-electron chi connectivity index (χ0n) is 20.9. The summed E-state index contributed by atoms with van der Waals surface area (Å²) < 4.78 is 17.4. The molecule has 0 saturated carbocycles. The Morgan fingerprint density at radius 2 is 1.58 bits per heavy atom. The summed E-state index contributed by atoms with van der Waals surface area (Å²) in [6.45, 7) is 7.89. The van der Waals surface area contributed by atoms with Crippen LogP contribution in [0.4, 0.5) is 0 Å². The number of ether oxygens (including phenoxy) is 3. The lowest BCUT2D eigenvalue weighted by Crippen LogP contribution is -2.39. The minimum atomic E-state index is -0.816. The first kappa shape index (κ1) is 26.5. The Hall–Kier alpha value is -4.57. The van der Waals surface area contributed by atoms with Crippen molar-refractivity contribution in [1.29, 1.82) is 0 Å². The first-order valence-electron chi connectivity index (χ1n) is 11.6. The van der Waals surface area contributed by atoms with E-state index in [1.165, 1.54) is 35.8 Å². The van der Waals surface area contributed by atoms with Crippen molar-refractivity contribution in [1.82, 2.24) is 4.57 Å². The summed E-state index contributed by atoms with van der Waals surface area (Å²) in [5, 5.41) is 0. The van der Waals surface area contributed by atoms with Crippen LogP contribution in [0.5, 0.6) is 11.5 Å². The van der Waals surface area contributed by atoms with Gasteiger partial charge < -0.3 is 14.2 Å². The van der Waals surface area contributed by atoms with Gasteiger partial charge in [0.2, 0.25) is 0 Å². The van der Waals surface area contributed by atoms with Crippen LogP contribution in [0.25, 0.3) is 6.08 Å². The van der Waals surface area contributed by atoms with Crippen molar-refractivity contribution in [3.05, 3.63) is 103 Å². The monoisotopic (exact) mass is 532 g/mol. The predicted octanol–water partition coefficient (Wildman–Crippen LogP) is 2.82. The van der Waals surface area contributed by atoms with Gasteiger partial charge in [-0.15, -0.1) is 0 Å². The van der Waals surface area contributed by atoms with Crippen LogP contribution in [-0.2, 0) is 19.1 Å². The largest absolute Gasteiger partial charge is 0.458 e. The van der Waals surface area contributed by atoms with Gasteiger partial charge in [-0.3, -0.25) is 19.0 Å². The smallest absolute Gasteiger partial charge is 0.338 e. The van der Waals surface area contributed by atoms with Crippen LogP contribution < -0.4 is 24.4 Å². The maximum Gasteiger partial charge on any atom is 0.338 e. The van der Waals surface area contributed by atoms with Gasteiger partial charge in [0.15, 0.2) is 4.80 Å². The van der Waals surface area contributed by atoms with Crippen molar-refractivity contribution >= 4 is 35.3 Å². The average Bonchev–Trinajstić information content (AvgIpc) is 3.17. The van der Waals surface area contributed by atoms with Crippen molar-refractivity contribution in [2.24, 2.45) is 4.99 Å². The zero-order valence-corrected chi connectivity index (χ0v) is 21.7. The fraction of sp³-hybridized carbons (Fsp3) is 0.179. The second-order valence-electron chi connectivity index (χ2n) is 8.29. The number of thiazole rings is 1. The van der Waals surface area contributed by atoms with Gasteiger partial charge in [-0.1, -0.05) is 48.3 Å². The predicted molar refractivity (Wildman–Crippen MR) is 140 cm³/mol. The number of allylic oxidation sites excluding steroid dienone is 1. The van der Waals surface area contributed by atoms with Gasteiger partial charge in [0.1, 0.15) is 18.1 Å². The number of hydrogen-bond donors (Lipinski definition) is 0. The fourth-order valence-corrected chi connectivity index (χ4v) is 4.99. The summed E-state index contributed by atoms with van der Waals surface area (Å²) >= 11 is 1.19. The summed E-state index contributed by atoms with van der Waals surface area (Å²) in [6, 6.07) is 12.5. The lowest BCUT2D eigenvalue weighted by Gasteiger charge is -2.24. The number of carbonyl (C=O) groups excluding carboxylic acids is 3. The molecule has 1 aromatic heterocycles. The van der Waals surface area contributed by atoms with Crippen molar-refractivity contribution in [3.8, 4) is 11.5 Å². The third-order valence-electron chi connectivity index (χ3n) is 5.47. The highest BCUT2D eigenvalue weighted by Crippen LogP contribution is 2.31. The van der Waals surface area contributed by atoms with Crippen LogP contribution in [0.2, 0.25) is 0 Å². The number of rotatable bonds is 7. The number of esters is 3. The molecule has 9 nitrogen and oxygen atoms in total. The van der Waals surface area contributed by atoms with Gasteiger partial charge in [0, 0.05) is 13.8 Å². The molecule has 0 radical (unpaired) electrons. The first-order valence-corrected chi connectivity index (χ1v) is 12.4. The quantitative estimate of drug-likeness (QED) is 0.261. The molecular formula is C28H24N2O7S. The first-order chi connectivity index (χ1) is 18.2. The molecule has 2 aromatic carbocycles. The van der Waals surface area contributed by atoms with Gasteiger partial charge in [-0.05, 0) is 48.4 Å². The van der Waals surface area contributed by atoms with Gasteiger partial charge >= 0.3 is 17.9 Å². The van der Waals surface area contributed by atoms with Crippen molar-refractivity contribution < 1.29 is 28.6 Å². The third-order valence-corrected chi connectivity index (χ3v) is 6.45. The number of carbonyl (C=O) groups is 3. The molecule has 3 aromatic rings. The fourth-order valence-electron chi connectivity index (χ4n) is 3.94. The topological polar surface area (TPSA) is 113 Å². The van der Waals surface area contributed by atoms with E-state index in [9.17, 15) is 19.2 Å². The molecule has 38 heavy (non-hydrogen) atoms. The highest BCUT2D eigenvalue weighted by molar-refractivity contribution is 7.07. The minimum Gasteiger partial charge on any atom is -0.458 e. The number of fused-ring (bicyclic) bond motifs is 1. The molecule has 1 aliphatic heterocycles. The number of hydrogen-bond acceptors (Lipinski definition) is 9. The normalized spacial score (nSPS) is 14.8. The van der Waals surface area contributed by atoms with Crippen LogP contribution in [0.1, 0.15) is 37.9 Å². The second-order valence-corrected chi connectivity index (χ2v) is 9.30. The van der Waals surface area contributed by atoms with E-state index < -0.39 is 23.9 Å². The molecule has 0 unspecified atom stereocenters. The van der Waals surface area contributed by atoms with Gasteiger partial charge in [0.05, 0.1) is 21.8 Å². The Balaban J connectivity index is 1.83. The van der Waals surface area contributed by atoms with Crippen LogP contribution in [0.15, 0.2) is 82.2 Å². The van der Waals surface area contributed by atoms with Gasteiger partial charge in [-0.2, -0.15) is 0 Å². The summed E-state index contributed by atoms with van der Waals surface area (Å²) in [6.07, 6.45) is 3.16. The standard InChI is InChI=1S/C28H24N2O7S/c1-5-14-35-27(34)24-16(2)29-28-30(25(24)20-8-12-22(13-9-20)37-18(4)32)26(33)23(38-28)15-19-6-10-21(11-7-19)36-17(3)31/h5-13,15,25H,1,14H2,2-4H3/b23-15-/t25-/m1/s1. The van der Waals surface area contributed by atoms with E-state index in [4.69, 9.17) is 14.2 Å². The van der Waals surface area contributed by atoms with E-state index in [-0.39, 0.29) is 17.7 Å². The van der Waals surface area contributed by atoms with E-state index in [1.54, 1.807) is 61.5 Å². The van der Waals surface area contributed by atoms with Gasteiger partial charge in [0.25, 0.3) is 5.56 Å². The molecular weight excluding hydrogens is 508 g/mol. The molecule has 1 atom stereocenters. The highest BCUT2D eigenvalue weighted by Gasteiger charge is 2.33. The molecule has 10 heteroatoms. The number of benzene rings is 2. The maximum atomic E-state index is 13.7. The van der Waals surface area contributed by atoms with E-state index in [1.807, 2.05) is 0 Å². The molecule has 0 N–H and O–H groups in total.